The van der Waals surface area contributed by atoms with Gasteiger partial charge in [-0.05, 0) is 41.6 Å². The van der Waals surface area contributed by atoms with Crippen molar-refractivity contribution in [1.29, 1.82) is 0 Å². The number of para-hydroxylation sites is 1. The fraction of sp³-hybridized carbons (Fsp3) is 0.105. The van der Waals surface area contributed by atoms with Crippen molar-refractivity contribution in [2.24, 2.45) is 5.18 Å². The monoisotopic (exact) mass is 391 g/mol. The zero-order valence-electron chi connectivity index (χ0n) is 14.7. The number of imidazole rings is 1. The first-order chi connectivity index (χ1) is 13.8. The van der Waals surface area contributed by atoms with Gasteiger partial charge in [-0.2, -0.15) is 9.61 Å². The minimum absolute atomic E-state index is 0.174. The van der Waals surface area contributed by atoms with E-state index in [-0.39, 0.29) is 5.82 Å². The van der Waals surface area contributed by atoms with Crippen molar-refractivity contribution >= 4 is 33.1 Å². The highest BCUT2D eigenvalue weighted by Crippen LogP contribution is 2.34. The van der Waals surface area contributed by atoms with Crippen LogP contribution in [0.15, 0.2) is 58.2 Å². The number of methoxy groups -OCH3 is 1. The lowest BCUT2D eigenvalue weighted by molar-refractivity contribution is 0.415. The lowest BCUT2D eigenvalue weighted by atomic mass is 10.1. The summed E-state index contributed by atoms with van der Waals surface area (Å²) in [4.78, 5) is 16.7. The third kappa shape index (κ3) is 2.64. The second-order valence-electron chi connectivity index (χ2n) is 6.10. The quantitative estimate of drug-likeness (QED) is 0.407. The Hall–Kier alpha value is -3.59. The minimum atomic E-state index is 0.174. The van der Waals surface area contributed by atoms with E-state index in [1.54, 1.807) is 7.11 Å². The first-order valence-corrected chi connectivity index (χ1v) is 9.28. The van der Waals surface area contributed by atoms with E-state index in [1.807, 2.05) is 48.5 Å². The molecular weight excluding hydrogens is 378 g/mol. The van der Waals surface area contributed by atoms with Crippen molar-refractivity contribution in [2.45, 2.75) is 6.42 Å². The maximum Gasteiger partial charge on any atom is 0.227 e. The topological polar surface area (TPSA) is 94.9 Å². The molecule has 0 atom stereocenters. The van der Waals surface area contributed by atoms with Crippen LogP contribution in [0.3, 0.4) is 0 Å². The molecule has 0 unspecified atom stereocenters. The predicted molar refractivity (Wildman–Crippen MR) is 105 cm³/mol. The molecule has 2 aromatic carbocycles. The van der Waals surface area contributed by atoms with Gasteiger partial charge in [0.05, 0.1) is 12.8 Å². The van der Waals surface area contributed by atoms with Crippen LogP contribution in [0.25, 0.3) is 27.2 Å². The van der Waals surface area contributed by atoms with E-state index in [4.69, 9.17) is 9.26 Å². The van der Waals surface area contributed by atoms with Crippen molar-refractivity contribution < 1.29 is 9.26 Å². The zero-order chi connectivity index (χ0) is 19.1. The molecular formula is C19H13N5O3S. The summed E-state index contributed by atoms with van der Waals surface area (Å²) in [6, 6.07) is 15.0. The number of rotatable bonds is 5. The molecule has 0 radical (unpaired) electrons. The summed E-state index contributed by atoms with van der Waals surface area (Å²) in [7, 11) is 1.60. The molecule has 3 aromatic heterocycles. The van der Waals surface area contributed by atoms with E-state index in [2.05, 4.69) is 20.4 Å². The van der Waals surface area contributed by atoms with Crippen LogP contribution in [-0.4, -0.2) is 26.9 Å². The third-order valence-electron chi connectivity index (χ3n) is 4.44. The number of aromatic nitrogens is 4. The van der Waals surface area contributed by atoms with Crippen molar-refractivity contribution in [2.75, 3.05) is 7.11 Å². The standard InChI is InChI=1S/C19H13N5O3S/c1-26-12-8-6-11(7-9-12)17-18(22-25)24-19(20-17)28-16(21-24)10-14-13-4-2-3-5-15(13)27-23-14/h2-9H,10H2,1H3. The van der Waals surface area contributed by atoms with Crippen molar-refractivity contribution in [3.63, 3.8) is 0 Å². The molecule has 0 saturated heterocycles. The van der Waals surface area contributed by atoms with Gasteiger partial charge in [0.25, 0.3) is 0 Å². The Morgan fingerprint density at radius 3 is 2.79 bits per heavy atom. The van der Waals surface area contributed by atoms with Gasteiger partial charge in [-0.25, -0.2) is 4.98 Å². The van der Waals surface area contributed by atoms with Gasteiger partial charge in [-0.15, -0.1) is 4.91 Å². The molecule has 0 bridgehead atoms. The molecule has 0 spiro atoms. The fourth-order valence-corrected chi connectivity index (χ4v) is 3.97. The van der Waals surface area contributed by atoms with Gasteiger partial charge < -0.3 is 9.26 Å². The van der Waals surface area contributed by atoms with Crippen LogP contribution in [0.2, 0.25) is 0 Å². The average molecular weight is 391 g/mol. The van der Waals surface area contributed by atoms with Crippen LogP contribution < -0.4 is 4.74 Å². The maximum absolute atomic E-state index is 11.5. The largest absolute Gasteiger partial charge is 0.497 e. The number of nitroso groups, excluding NO2 is 1. The fourth-order valence-electron chi connectivity index (χ4n) is 3.08. The summed E-state index contributed by atoms with van der Waals surface area (Å²) in [5, 5.41) is 13.5. The number of fused-ring (bicyclic) bond motifs is 2. The van der Waals surface area contributed by atoms with Crippen LogP contribution in [-0.2, 0) is 6.42 Å². The molecule has 9 heteroatoms. The molecule has 8 nitrogen and oxygen atoms in total. The van der Waals surface area contributed by atoms with E-state index in [0.29, 0.717) is 17.1 Å². The normalized spacial score (nSPS) is 11.3. The van der Waals surface area contributed by atoms with Crippen molar-refractivity contribution in [1.82, 2.24) is 19.8 Å². The maximum atomic E-state index is 11.5. The molecule has 0 aliphatic rings. The second kappa shape index (κ2) is 6.54. The van der Waals surface area contributed by atoms with Crippen molar-refractivity contribution in [3.8, 4) is 17.0 Å². The van der Waals surface area contributed by atoms with Gasteiger partial charge in [0.15, 0.2) is 5.58 Å². The first-order valence-electron chi connectivity index (χ1n) is 8.46. The summed E-state index contributed by atoms with van der Waals surface area (Å²) < 4.78 is 12.0. The van der Waals surface area contributed by atoms with Crippen LogP contribution >= 0.6 is 11.3 Å². The zero-order valence-corrected chi connectivity index (χ0v) is 15.5. The van der Waals surface area contributed by atoms with Crippen LogP contribution in [0, 0.1) is 4.91 Å². The first kappa shape index (κ1) is 16.6. The summed E-state index contributed by atoms with van der Waals surface area (Å²) in [5.41, 5.74) is 2.80. The Balaban J connectivity index is 1.53. The van der Waals surface area contributed by atoms with E-state index < -0.39 is 0 Å². The smallest absolute Gasteiger partial charge is 0.227 e. The molecule has 138 valence electrons. The molecule has 0 N–H and O–H groups in total. The van der Waals surface area contributed by atoms with Crippen molar-refractivity contribution in [3.05, 3.63) is 64.1 Å². The molecule has 0 amide bonds. The van der Waals surface area contributed by atoms with Gasteiger partial charge in [0, 0.05) is 17.4 Å². The Morgan fingerprint density at radius 2 is 2.00 bits per heavy atom. The van der Waals surface area contributed by atoms with Gasteiger partial charge in [-0.1, -0.05) is 28.6 Å². The summed E-state index contributed by atoms with van der Waals surface area (Å²) in [6.07, 6.45) is 0.487. The Labute approximate surface area is 162 Å². The summed E-state index contributed by atoms with van der Waals surface area (Å²) in [5.74, 6) is 0.901. The molecule has 5 aromatic rings. The van der Waals surface area contributed by atoms with Gasteiger partial charge in [0.1, 0.15) is 16.5 Å². The lowest BCUT2D eigenvalue weighted by Crippen LogP contribution is -1.91. The molecule has 3 heterocycles. The lowest BCUT2D eigenvalue weighted by Gasteiger charge is -2.01. The number of nitrogens with zero attached hydrogens (tertiary/aromatic N) is 5. The number of ether oxygens (including phenoxy) is 1. The second-order valence-corrected chi connectivity index (χ2v) is 7.14. The molecule has 0 saturated carbocycles. The highest BCUT2D eigenvalue weighted by Gasteiger charge is 2.20. The predicted octanol–water partition coefficient (Wildman–Crippen LogP) is 4.60. The van der Waals surface area contributed by atoms with E-state index in [0.717, 1.165) is 33.0 Å². The van der Waals surface area contributed by atoms with Gasteiger partial charge in [-0.3, -0.25) is 0 Å². The Bertz CT molecular complexity index is 1300. The molecule has 5 rings (SSSR count). The minimum Gasteiger partial charge on any atom is -0.497 e. The number of hydrogen-bond donors (Lipinski definition) is 0. The Morgan fingerprint density at radius 1 is 1.18 bits per heavy atom. The molecule has 0 aliphatic heterocycles. The Kier molecular flexibility index (Phi) is 3.87. The van der Waals surface area contributed by atoms with E-state index >= 15 is 0 Å². The molecule has 0 aliphatic carbocycles. The number of benzene rings is 2. The third-order valence-corrected chi connectivity index (χ3v) is 5.35. The molecule has 0 fully saturated rings. The highest BCUT2D eigenvalue weighted by molar-refractivity contribution is 7.16. The van der Waals surface area contributed by atoms with E-state index in [9.17, 15) is 4.91 Å². The van der Waals surface area contributed by atoms with E-state index in [1.165, 1.54) is 15.9 Å². The number of hydrogen-bond acceptors (Lipinski definition) is 8. The SMILES string of the molecule is COc1ccc(-c2nc3sc(Cc4noc5ccccc45)nn3c2N=O)cc1. The van der Waals surface area contributed by atoms with Crippen LogP contribution in [0.4, 0.5) is 5.82 Å². The van der Waals surface area contributed by atoms with Gasteiger partial charge in [0.2, 0.25) is 10.8 Å². The highest BCUT2D eigenvalue weighted by atomic mass is 32.1. The van der Waals surface area contributed by atoms with Gasteiger partial charge >= 0.3 is 0 Å². The molecule has 28 heavy (non-hydrogen) atoms. The summed E-state index contributed by atoms with van der Waals surface area (Å²) in [6.45, 7) is 0. The van der Waals surface area contributed by atoms with Crippen LogP contribution in [0.1, 0.15) is 10.7 Å². The summed E-state index contributed by atoms with van der Waals surface area (Å²) >= 11 is 1.39. The average Bonchev–Trinajstić information content (AvgIpc) is 3.41. The van der Waals surface area contributed by atoms with Crippen LogP contribution in [0.5, 0.6) is 5.75 Å².